The van der Waals surface area contributed by atoms with E-state index in [0.717, 1.165) is 26.3 Å². The van der Waals surface area contributed by atoms with Gasteiger partial charge in [-0.05, 0) is 47.9 Å². The Hall–Kier alpha value is -1.49. The molecule has 0 spiro atoms. The van der Waals surface area contributed by atoms with E-state index < -0.39 is 0 Å². The summed E-state index contributed by atoms with van der Waals surface area (Å²) in [6, 6.07) is 13.2. The number of aromatic hydroxyl groups is 1. The van der Waals surface area contributed by atoms with Gasteiger partial charge in [0, 0.05) is 20.8 Å². The standard InChI is InChI=1S/C19H20BrClN2O/c1-11(2)19-22-16(12-3-6-14(21)7-4-12)10-17(23-19)15-9-13(20)5-8-18(15)24/h3-11,17,19,22-24H,1-2H3. The number of nitrogens with one attached hydrogen (secondary N) is 2. The van der Waals surface area contributed by atoms with Crippen LogP contribution in [0.4, 0.5) is 0 Å². The molecule has 3 N–H and O–H groups in total. The molecule has 0 aliphatic carbocycles. The molecule has 2 aromatic carbocycles. The van der Waals surface area contributed by atoms with Crippen LogP contribution in [-0.4, -0.2) is 11.3 Å². The van der Waals surface area contributed by atoms with Gasteiger partial charge in [-0.1, -0.05) is 53.5 Å². The summed E-state index contributed by atoms with van der Waals surface area (Å²) < 4.78 is 0.943. The normalized spacial score (nSPS) is 20.6. The summed E-state index contributed by atoms with van der Waals surface area (Å²) >= 11 is 9.49. The lowest BCUT2D eigenvalue weighted by Gasteiger charge is -2.35. The SMILES string of the molecule is CC(C)C1NC(c2ccc(Cl)cc2)=CC(c2cc(Br)ccc2O)N1. The van der Waals surface area contributed by atoms with Crippen LogP contribution in [-0.2, 0) is 0 Å². The third-order valence-corrected chi connectivity index (χ3v) is 4.90. The van der Waals surface area contributed by atoms with E-state index in [0.29, 0.717) is 5.92 Å². The van der Waals surface area contributed by atoms with Crippen LogP contribution < -0.4 is 10.6 Å². The Morgan fingerprint density at radius 1 is 1.12 bits per heavy atom. The number of hydrogen-bond donors (Lipinski definition) is 3. The van der Waals surface area contributed by atoms with E-state index in [9.17, 15) is 5.11 Å². The fourth-order valence-electron chi connectivity index (χ4n) is 2.79. The molecule has 5 heteroatoms. The summed E-state index contributed by atoms with van der Waals surface area (Å²) in [5.41, 5.74) is 2.96. The number of phenols is 1. The summed E-state index contributed by atoms with van der Waals surface area (Å²) in [6.07, 6.45) is 2.20. The maximum atomic E-state index is 10.3. The molecule has 0 saturated carbocycles. The van der Waals surface area contributed by atoms with E-state index in [4.69, 9.17) is 11.6 Å². The van der Waals surface area contributed by atoms with Crippen LogP contribution in [0, 0.1) is 5.92 Å². The minimum absolute atomic E-state index is 0.0816. The van der Waals surface area contributed by atoms with Crippen LogP contribution in [0.25, 0.3) is 5.70 Å². The third kappa shape index (κ3) is 3.77. The second-order valence-electron chi connectivity index (χ2n) is 6.30. The lowest BCUT2D eigenvalue weighted by atomic mass is 9.97. The molecule has 126 valence electrons. The van der Waals surface area contributed by atoms with Gasteiger partial charge in [-0.2, -0.15) is 0 Å². The van der Waals surface area contributed by atoms with E-state index in [1.54, 1.807) is 6.07 Å². The smallest absolute Gasteiger partial charge is 0.120 e. The number of phenolic OH excluding ortho intramolecular Hbond substituents is 1. The molecule has 0 bridgehead atoms. The van der Waals surface area contributed by atoms with Crippen LogP contribution >= 0.6 is 27.5 Å². The highest BCUT2D eigenvalue weighted by molar-refractivity contribution is 9.10. The summed E-state index contributed by atoms with van der Waals surface area (Å²) in [5.74, 6) is 0.671. The molecule has 3 nitrogen and oxygen atoms in total. The molecule has 2 unspecified atom stereocenters. The van der Waals surface area contributed by atoms with E-state index in [1.165, 1.54) is 0 Å². The monoisotopic (exact) mass is 406 g/mol. The van der Waals surface area contributed by atoms with Gasteiger partial charge in [-0.3, -0.25) is 5.32 Å². The van der Waals surface area contributed by atoms with Crippen molar-refractivity contribution < 1.29 is 5.11 Å². The Bertz CT molecular complexity index is 758. The maximum absolute atomic E-state index is 10.3. The van der Waals surface area contributed by atoms with Gasteiger partial charge in [0.1, 0.15) is 5.75 Å². The first-order valence-corrected chi connectivity index (χ1v) is 9.10. The van der Waals surface area contributed by atoms with Crippen molar-refractivity contribution in [1.82, 2.24) is 10.6 Å². The Morgan fingerprint density at radius 2 is 1.83 bits per heavy atom. The molecule has 24 heavy (non-hydrogen) atoms. The molecule has 0 amide bonds. The van der Waals surface area contributed by atoms with E-state index in [1.807, 2.05) is 36.4 Å². The first-order valence-electron chi connectivity index (χ1n) is 7.93. The Kier molecular flexibility index (Phi) is 5.18. The van der Waals surface area contributed by atoms with E-state index in [2.05, 4.69) is 46.5 Å². The Labute approximate surface area is 155 Å². The zero-order chi connectivity index (χ0) is 17.3. The van der Waals surface area contributed by atoms with Gasteiger partial charge in [0.2, 0.25) is 0 Å². The minimum atomic E-state index is -0.0816. The molecule has 1 heterocycles. The predicted molar refractivity (Wildman–Crippen MR) is 103 cm³/mol. The van der Waals surface area contributed by atoms with Gasteiger partial charge >= 0.3 is 0 Å². The van der Waals surface area contributed by atoms with Crippen molar-refractivity contribution in [2.75, 3.05) is 0 Å². The van der Waals surface area contributed by atoms with Crippen LogP contribution in [0.5, 0.6) is 5.75 Å². The molecule has 0 saturated heterocycles. The number of benzene rings is 2. The van der Waals surface area contributed by atoms with Gasteiger partial charge in [-0.15, -0.1) is 0 Å². The van der Waals surface area contributed by atoms with Gasteiger partial charge in [0.05, 0.1) is 12.2 Å². The lowest BCUT2D eigenvalue weighted by Crippen LogP contribution is -2.49. The quantitative estimate of drug-likeness (QED) is 0.666. The molecular weight excluding hydrogens is 388 g/mol. The van der Waals surface area contributed by atoms with E-state index >= 15 is 0 Å². The molecule has 0 fully saturated rings. The first kappa shape index (κ1) is 17.3. The Balaban J connectivity index is 2.02. The van der Waals surface area contributed by atoms with Crippen LogP contribution in [0.1, 0.15) is 31.0 Å². The Morgan fingerprint density at radius 3 is 2.50 bits per heavy atom. The summed E-state index contributed by atoms with van der Waals surface area (Å²) in [5, 5.41) is 18.1. The maximum Gasteiger partial charge on any atom is 0.120 e. The molecule has 2 atom stereocenters. The summed E-state index contributed by atoms with van der Waals surface area (Å²) in [6.45, 7) is 4.32. The van der Waals surface area contributed by atoms with Gasteiger partial charge < -0.3 is 10.4 Å². The van der Waals surface area contributed by atoms with E-state index in [-0.39, 0.29) is 18.0 Å². The van der Waals surface area contributed by atoms with Crippen molar-refractivity contribution in [2.24, 2.45) is 5.92 Å². The second kappa shape index (κ2) is 7.18. The van der Waals surface area contributed by atoms with Gasteiger partial charge in [0.15, 0.2) is 0 Å². The average molecular weight is 408 g/mol. The molecule has 2 aromatic rings. The van der Waals surface area contributed by atoms with Crippen LogP contribution in [0.15, 0.2) is 53.0 Å². The average Bonchev–Trinajstić information content (AvgIpc) is 2.57. The molecular formula is C19H20BrClN2O. The number of halogens is 2. The summed E-state index contributed by atoms with van der Waals surface area (Å²) in [4.78, 5) is 0. The highest BCUT2D eigenvalue weighted by Crippen LogP contribution is 2.33. The van der Waals surface area contributed by atoms with Crippen LogP contribution in [0.3, 0.4) is 0 Å². The number of rotatable bonds is 3. The topological polar surface area (TPSA) is 44.3 Å². The molecule has 1 aliphatic heterocycles. The minimum Gasteiger partial charge on any atom is -0.508 e. The fraction of sp³-hybridized carbons (Fsp3) is 0.263. The van der Waals surface area contributed by atoms with Gasteiger partial charge in [0.25, 0.3) is 0 Å². The van der Waals surface area contributed by atoms with Gasteiger partial charge in [-0.25, -0.2) is 0 Å². The molecule has 1 aliphatic rings. The first-order chi connectivity index (χ1) is 11.4. The molecule has 3 rings (SSSR count). The van der Waals surface area contributed by atoms with Crippen LogP contribution in [0.2, 0.25) is 5.02 Å². The summed E-state index contributed by atoms with van der Waals surface area (Å²) in [7, 11) is 0. The molecule has 0 radical (unpaired) electrons. The zero-order valence-corrected chi connectivity index (χ0v) is 15.9. The fourth-order valence-corrected chi connectivity index (χ4v) is 3.29. The highest BCUT2D eigenvalue weighted by atomic mass is 79.9. The molecule has 0 aromatic heterocycles. The highest BCUT2D eigenvalue weighted by Gasteiger charge is 2.26. The largest absolute Gasteiger partial charge is 0.508 e. The van der Waals surface area contributed by atoms with Crippen molar-refractivity contribution in [3.63, 3.8) is 0 Å². The predicted octanol–water partition coefficient (Wildman–Crippen LogP) is 5.07. The second-order valence-corrected chi connectivity index (χ2v) is 7.65. The lowest BCUT2D eigenvalue weighted by molar-refractivity contribution is 0.335. The van der Waals surface area contributed by atoms with Crippen molar-refractivity contribution in [1.29, 1.82) is 0 Å². The van der Waals surface area contributed by atoms with Crippen molar-refractivity contribution in [2.45, 2.75) is 26.1 Å². The van der Waals surface area contributed by atoms with Crippen molar-refractivity contribution >= 4 is 33.2 Å². The zero-order valence-electron chi connectivity index (χ0n) is 13.6. The number of hydrogen-bond acceptors (Lipinski definition) is 3. The van der Waals surface area contributed by atoms with Crippen molar-refractivity contribution in [3.8, 4) is 5.75 Å². The van der Waals surface area contributed by atoms with Crippen molar-refractivity contribution in [3.05, 3.63) is 69.2 Å². The third-order valence-electron chi connectivity index (χ3n) is 4.15.